The van der Waals surface area contributed by atoms with E-state index in [1.165, 1.54) is 18.4 Å². The highest BCUT2D eigenvalue weighted by Gasteiger charge is 2.29. The molecule has 0 aliphatic carbocycles. The summed E-state index contributed by atoms with van der Waals surface area (Å²) < 4.78 is 0. The third-order valence-electron chi connectivity index (χ3n) is 5.13. The normalized spacial score (nSPS) is 22.5. The fourth-order valence-electron chi connectivity index (χ4n) is 3.60. The number of amides is 1. The van der Waals surface area contributed by atoms with Crippen LogP contribution in [0.1, 0.15) is 36.4 Å². The molecule has 1 aromatic heterocycles. The molecule has 0 radical (unpaired) electrons. The van der Waals surface area contributed by atoms with Gasteiger partial charge in [0.25, 0.3) is 0 Å². The molecule has 2 aromatic rings. The van der Waals surface area contributed by atoms with Crippen molar-refractivity contribution in [2.24, 2.45) is 0 Å². The van der Waals surface area contributed by atoms with Crippen molar-refractivity contribution >= 4 is 11.7 Å². The van der Waals surface area contributed by atoms with Crippen LogP contribution in [0.15, 0.2) is 48.7 Å². The second-order valence-corrected chi connectivity index (χ2v) is 6.98. The summed E-state index contributed by atoms with van der Waals surface area (Å²) in [5.41, 5.74) is 8.53. The quantitative estimate of drug-likeness (QED) is 0.768. The molecule has 0 saturated carbocycles. The van der Waals surface area contributed by atoms with Crippen molar-refractivity contribution in [3.63, 3.8) is 0 Å². The SMILES string of the molecule is O=C(NCc1ccc(N2CCCC2)nc1)C1CC(c2ccccc2)NN1. The number of carbonyl (C=O) groups is 1. The number of aromatic nitrogens is 1. The third kappa shape index (κ3) is 3.86. The molecular formula is C20H25N5O. The molecule has 0 spiro atoms. The van der Waals surface area contributed by atoms with E-state index in [-0.39, 0.29) is 18.0 Å². The molecule has 2 saturated heterocycles. The highest BCUT2D eigenvalue weighted by molar-refractivity contribution is 5.82. The molecule has 2 fully saturated rings. The highest BCUT2D eigenvalue weighted by atomic mass is 16.2. The molecule has 0 bridgehead atoms. The van der Waals surface area contributed by atoms with Crippen LogP contribution in [-0.2, 0) is 11.3 Å². The number of nitrogens with zero attached hydrogens (tertiary/aromatic N) is 2. The molecule has 2 aliphatic heterocycles. The average molecular weight is 351 g/mol. The maximum atomic E-state index is 12.4. The number of nitrogens with one attached hydrogen (secondary N) is 3. The lowest BCUT2D eigenvalue weighted by Gasteiger charge is -2.16. The Bertz CT molecular complexity index is 728. The predicted octanol–water partition coefficient (Wildman–Crippen LogP) is 1.91. The van der Waals surface area contributed by atoms with Gasteiger partial charge in [-0.1, -0.05) is 36.4 Å². The minimum Gasteiger partial charge on any atom is -0.357 e. The monoisotopic (exact) mass is 351 g/mol. The molecule has 2 atom stereocenters. The summed E-state index contributed by atoms with van der Waals surface area (Å²) >= 11 is 0. The zero-order chi connectivity index (χ0) is 17.8. The first-order valence-electron chi connectivity index (χ1n) is 9.33. The predicted molar refractivity (Wildman–Crippen MR) is 101 cm³/mol. The molecule has 1 amide bonds. The summed E-state index contributed by atoms with van der Waals surface area (Å²) in [5, 5.41) is 3.01. The Morgan fingerprint density at radius 1 is 1.12 bits per heavy atom. The van der Waals surface area contributed by atoms with Crippen molar-refractivity contribution in [2.45, 2.75) is 37.9 Å². The molecule has 136 valence electrons. The largest absolute Gasteiger partial charge is 0.357 e. The number of pyridine rings is 1. The van der Waals surface area contributed by atoms with Gasteiger partial charge in [0.15, 0.2) is 0 Å². The number of rotatable bonds is 5. The van der Waals surface area contributed by atoms with Gasteiger partial charge in [-0.2, -0.15) is 0 Å². The van der Waals surface area contributed by atoms with Crippen LogP contribution in [0.5, 0.6) is 0 Å². The molecule has 3 heterocycles. The van der Waals surface area contributed by atoms with E-state index >= 15 is 0 Å². The van der Waals surface area contributed by atoms with Gasteiger partial charge in [-0.25, -0.2) is 15.8 Å². The van der Waals surface area contributed by atoms with E-state index in [0.717, 1.165) is 30.9 Å². The summed E-state index contributed by atoms with van der Waals surface area (Å²) in [6.45, 7) is 2.68. The van der Waals surface area contributed by atoms with Crippen molar-refractivity contribution in [3.8, 4) is 0 Å². The summed E-state index contributed by atoms with van der Waals surface area (Å²) in [6.07, 6.45) is 5.08. The van der Waals surface area contributed by atoms with Crippen LogP contribution in [0, 0.1) is 0 Å². The number of anilines is 1. The Morgan fingerprint density at radius 3 is 2.65 bits per heavy atom. The standard InChI is InChI=1S/C20H25N5O/c26-20(18-12-17(23-24-18)16-6-2-1-3-7-16)22-14-15-8-9-19(21-13-15)25-10-4-5-11-25/h1-3,6-9,13,17-18,23-24H,4-5,10-12,14H2,(H,22,26). The molecule has 3 N–H and O–H groups in total. The first kappa shape index (κ1) is 17.0. The number of hydrazine groups is 1. The Morgan fingerprint density at radius 2 is 1.92 bits per heavy atom. The van der Waals surface area contributed by atoms with Gasteiger partial charge in [0.05, 0.1) is 0 Å². The number of benzene rings is 1. The molecule has 2 unspecified atom stereocenters. The Kier molecular flexibility index (Phi) is 5.13. The van der Waals surface area contributed by atoms with E-state index in [0.29, 0.717) is 6.54 Å². The van der Waals surface area contributed by atoms with Crippen LogP contribution < -0.4 is 21.1 Å². The second-order valence-electron chi connectivity index (χ2n) is 6.98. The van der Waals surface area contributed by atoms with Crippen LogP contribution >= 0.6 is 0 Å². The Balaban J connectivity index is 1.27. The molecule has 1 aromatic carbocycles. The van der Waals surface area contributed by atoms with E-state index in [1.807, 2.05) is 36.5 Å². The van der Waals surface area contributed by atoms with Crippen LogP contribution in [0.4, 0.5) is 5.82 Å². The van der Waals surface area contributed by atoms with E-state index < -0.39 is 0 Å². The lowest BCUT2D eigenvalue weighted by molar-refractivity contribution is -0.123. The van der Waals surface area contributed by atoms with Gasteiger partial charge < -0.3 is 10.2 Å². The van der Waals surface area contributed by atoms with Crippen molar-refractivity contribution in [2.75, 3.05) is 18.0 Å². The molecule has 26 heavy (non-hydrogen) atoms. The molecular weight excluding hydrogens is 326 g/mol. The van der Waals surface area contributed by atoms with Gasteiger partial charge in [0.1, 0.15) is 11.9 Å². The van der Waals surface area contributed by atoms with E-state index in [1.54, 1.807) is 0 Å². The fraction of sp³-hybridized carbons (Fsp3) is 0.400. The van der Waals surface area contributed by atoms with Gasteiger partial charge >= 0.3 is 0 Å². The van der Waals surface area contributed by atoms with E-state index in [4.69, 9.17) is 0 Å². The van der Waals surface area contributed by atoms with Crippen molar-refractivity contribution in [1.29, 1.82) is 0 Å². The maximum Gasteiger partial charge on any atom is 0.238 e. The number of hydrogen-bond acceptors (Lipinski definition) is 5. The lowest BCUT2D eigenvalue weighted by Crippen LogP contribution is -2.42. The van der Waals surface area contributed by atoms with Crippen LogP contribution in [0.3, 0.4) is 0 Å². The summed E-state index contributed by atoms with van der Waals surface area (Å²) in [6, 6.07) is 14.2. The number of carbonyl (C=O) groups excluding carboxylic acids is 1. The van der Waals surface area contributed by atoms with Gasteiger partial charge in [-0.05, 0) is 36.5 Å². The zero-order valence-electron chi connectivity index (χ0n) is 14.8. The average Bonchev–Trinajstić information content (AvgIpc) is 3.39. The summed E-state index contributed by atoms with van der Waals surface area (Å²) in [4.78, 5) is 19.3. The number of hydrogen-bond donors (Lipinski definition) is 3. The molecule has 2 aliphatic rings. The minimum absolute atomic E-state index is 0.0135. The fourth-order valence-corrected chi connectivity index (χ4v) is 3.60. The van der Waals surface area contributed by atoms with E-state index in [9.17, 15) is 4.79 Å². The minimum atomic E-state index is -0.225. The van der Waals surface area contributed by atoms with E-state index in [2.05, 4.69) is 38.2 Å². The van der Waals surface area contributed by atoms with Crippen molar-refractivity contribution in [1.82, 2.24) is 21.2 Å². The van der Waals surface area contributed by atoms with Crippen molar-refractivity contribution in [3.05, 3.63) is 59.8 Å². The Hall–Kier alpha value is -2.44. The van der Waals surface area contributed by atoms with Crippen molar-refractivity contribution < 1.29 is 4.79 Å². The van der Waals surface area contributed by atoms with Crippen LogP contribution in [0.2, 0.25) is 0 Å². The second kappa shape index (κ2) is 7.85. The van der Waals surface area contributed by atoms with Gasteiger partial charge in [0, 0.05) is 31.9 Å². The summed E-state index contributed by atoms with van der Waals surface area (Å²) in [5.74, 6) is 1.05. The topological polar surface area (TPSA) is 69.3 Å². The molecule has 4 rings (SSSR count). The van der Waals surface area contributed by atoms with Gasteiger partial charge in [-0.15, -0.1) is 0 Å². The lowest BCUT2D eigenvalue weighted by atomic mass is 10.0. The van der Waals surface area contributed by atoms with Crippen LogP contribution in [-0.4, -0.2) is 30.0 Å². The highest BCUT2D eigenvalue weighted by Crippen LogP contribution is 2.22. The third-order valence-corrected chi connectivity index (χ3v) is 5.13. The molecule has 6 nitrogen and oxygen atoms in total. The van der Waals surface area contributed by atoms with Gasteiger partial charge in [0.2, 0.25) is 5.91 Å². The smallest absolute Gasteiger partial charge is 0.238 e. The maximum absolute atomic E-state index is 12.4. The first-order chi connectivity index (χ1) is 12.8. The first-order valence-corrected chi connectivity index (χ1v) is 9.33. The van der Waals surface area contributed by atoms with Crippen LogP contribution in [0.25, 0.3) is 0 Å². The summed E-state index contributed by atoms with van der Waals surface area (Å²) in [7, 11) is 0. The van der Waals surface area contributed by atoms with Gasteiger partial charge in [-0.3, -0.25) is 4.79 Å². The molecule has 6 heteroatoms. The Labute approximate surface area is 154 Å². The zero-order valence-corrected chi connectivity index (χ0v) is 14.8.